The zero-order valence-electron chi connectivity index (χ0n) is 12.8. The summed E-state index contributed by atoms with van der Waals surface area (Å²) in [6.45, 7) is 9.99. The van der Waals surface area contributed by atoms with E-state index in [-0.39, 0.29) is 11.9 Å². The normalized spacial score (nSPS) is 12.7. The van der Waals surface area contributed by atoms with Crippen LogP contribution in [0.1, 0.15) is 32.1 Å². The number of nitrogens with zero attached hydrogens (tertiary/aromatic N) is 2. The molecule has 0 aromatic carbocycles. The highest BCUT2D eigenvalue weighted by molar-refractivity contribution is 7.09. The standard InChI is InChI=1S/C15H27N3OS/c1-4-17(5-2)15(19)10-13(11-16)18(6-3)12-14-8-7-9-20-14/h7-9,13H,4-6,10-12,16H2,1-3H3. The first-order valence-electron chi connectivity index (χ1n) is 7.40. The predicted octanol–water partition coefficient (Wildman–Crippen LogP) is 2.16. The lowest BCUT2D eigenvalue weighted by molar-refractivity contribution is -0.132. The molecule has 1 amide bonds. The quantitative estimate of drug-likeness (QED) is 0.760. The fraction of sp³-hybridized carbons (Fsp3) is 0.667. The minimum absolute atomic E-state index is 0.121. The van der Waals surface area contributed by atoms with Crippen molar-refractivity contribution in [1.29, 1.82) is 0 Å². The van der Waals surface area contributed by atoms with Crippen molar-refractivity contribution in [3.8, 4) is 0 Å². The molecule has 20 heavy (non-hydrogen) atoms. The number of rotatable bonds is 9. The van der Waals surface area contributed by atoms with E-state index in [1.807, 2.05) is 18.7 Å². The van der Waals surface area contributed by atoms with Crippen LogP contribution in [0.3, 0.4) is 0 Å². The summed E-state index contributed by atoms with van der Waals surface area (Å²) < 4.78 is 0. The molecule has 1 aromatic heterocycles. The molecule has 0 radical (unpaired) electrons. The number of hydrogen-bond donors (Lipinski definition) is 1. The summed E-state index contributed by atoms with van der Waals surface area (Å²) in [5, 5.41) is 2.08. The molecule has 5 heteroatoms. The van der Waals surface area contributed by atoms with Gasteiger partial charge in [-0.2, -0.15) is 0 Å². The summed E-state index contributed by atoms with van der Waals surface area (Å²) >= 11 is 1.75. The molecule has 0 fully saturated rings. The van der Waals surface area contributed by atoms with Crippen molar-refractivity contribution < 1.29 is 4.79 Å². The number of amides is 1. The number of nitrogens with two attached hydrogens (primary N) is 1. The smallest absolute Gasteiger partial charge is 0.224 e. The van der Waals surface area contributed by atoms with Crippen molar-refractivity contribution in [1.82, 2.24) is 9.80 Å². The summed E-state index contributed by atoms with van der Waals surface area (Å²) in [7, 11) is 0. The minimum Gasteiger partial charge on any atom is -0.343 e. The van der Waals surface area contributed by atoms with Crippen LogP contribution in [-0.4, -0.2) is 47.9 Å². The van der Waals surface area contributed by atoms with Crippen molar-refractivity contribution in [2.45, 2.75) is 39.8 Å². The van der Waals surface area contributed by atoms with Crippen LogP contribution in [0.15, 0.2) is 17.5 Å². The van der Waals surface area contributed by atoms with Crippen molar-refractivity contribution in [2.75, 3.05) is 26.2 Å². The van der Waals surface area contributed by atoms with E-state index in [4.69, 9.17) is 5.73 Å². The van der Waals surface area contributed by atoms with E-state index < -0.39 is 0 Å². The van der Waals surface area contributed by atoms with Gasteiger partial charge in [0.05, 0.1) is 0 Å². The van der Waals surface area contributed by atoms with Crippen LogP contribution in [0, 0.1) is 0 Å². The molecule has 0 aliphatic carbocycles. The van der Waals surface area contributed by atoms with Gasteiger partial charge in [-0.05, 0) is 31.8 Å². The summed E-state index contributed by atoms with van der Waals surface area (Å²) in [6, 6.07) is 4.31. The first-order chi connectivity index (χ1) is 9.65. The molecular formula is C15H27N3OS. The highest BCUT2D eigenvalue weighted by Gasteiger charge is 2.21. The zero-order valence-corrected chi connectivity index (χ0v) is 13.7. The fourth-order valence-electron chi connectivity index (χ4n) is 2.37. The van der Waals surface area contributed by atoms with Crippen LogP contribution < -0.4 is 5.73 Å². The van der Waals surface area contributed by atoms with E-state index in [0.717, 1.165) is 26.2 Å². The molecule has 114 valence electrons. The largest absolute Gasteiger partial charge is 0.343 e. The molecule has 0 spiro atoms. The lowest BCUT2D eigenvalue weighted by atomic mass is 10.1. The molecule has 1 aromatic rings. The first-order valence-corrected chi connectivity index (χ1v) is 8.28. The van der Waals surface area contributed by atoms with Gasteiger partial charge in [0, 0.05) is 43.5 Å². The average molecular weight is 297 g/mol. The summed E-state index contributed by atoms with van der Waals surface area (Å²) in [6.07, 6.45) is 0.511. The third-order valence-electron chi connectivity index (χ3n) is 3.66. The maximum absolute atomic E-state index is 12.2. The Hall–Kier alpha value is -0.910. The summed E-state index contributed by atoms with van der Waals surface area (Å²) in [5.41, 5.74) is 5.90. The topological polar surface area (TPSA) is 49.6 Å². The highest BCUT2D eigenvalue weighted by Crippen LogP contribution is 2.15. The van der Waals surface area contributed by atoms with Crippen molar-refractivity contribution in [3.05, 3.63) is 22.4 Å². The Labute approximate surface area is 126 Å². The van der Waals surface area contributed by atoms with Gasteiger partial charge in [0.1, 0.15) is 0 Å². The summed E-state index contributed by atoms with van der Waals surface area (Å²) in [5.74, 6) is 0.204. The Morgan fingerprint density at radius 3 is 2.45 bits per heavy atom. The maximum atomic E-state index is 12.2. The van der Waals surface area contributed by atoms with Gasteiger partial charge in [-0.25, -0.2) is 0 Å². The Morgan fingerprint density at radius 2 is 2.00 bits per heavy atom. The van der Waals surface area contributed by atoms with Gasteiger partial charge in [0.25, 0.3) is 0 Å². The molecule has 0 saturated heterocycles. The van der Waals surface area contributed by atoms with Crippen LogP contribution in [0.5, 0.6) is 0 Å². The Morgan fingerprint density at radius 1 is 1.30 bits per heavy atom. The SMILES string of the molecule is CCN(CC)C(=O)CC(CN)N(CC)Cc1cccs1. The van der Waals surface area contributed by atoms with Crippen LogP contribution in [0.25, 0.3) is 0 Å². The second-order valence-electron chi connectivity index (χ2n) is 4.80. The van der Waals surface area contributed by atoms with E-state index >= 15 is 0 Å². The number of thiophene rings is 1. The Bertz CT molecular complexity index is 376. The van der Waals surface area contributed by atoms with Gasteiger partial charge in [0.2, 0.25) is 5.91 Å². The number of likely N-dealkylation sites (N-methyl/N-ethyl adjacent to an activating group) is 1. The van der Waals surface area contributed by atoms with Crippen molar-refractivity contribution in [2.24, 2.45) is 5.73 Å². The van der Waals surface area contributed by atoms with Crippen LogP contribution >= 0.6 is 11.3 Å². The van der Waals surface area contributed by atoms with E-state index in [9.17, 15) is 4.79 Å². The Balaban J connectivity index is 2.64. The second kappa shape index (κ2) is 9.10. The van der Waals surface area contributed by atoms with E-state index in [1.165, 1.54) is 4.88 Å². The third kappa shape index (κ3) is 4.89. The number of hydrogen-bond acceptors (Lipinski definition) is 4. The fourth-order valence-corrected chi connectivity index (χ4v) is 3.10. The van der Waals surface area contributed by atoms with E-state index in [2.05, 4.69) is 29.3 Å². The Kier molecular flexibility index (Phi) is 7.80. The average Bonchev–Trinajstić information content (AvgIpc) is 2.96. The molecular weight excluding hydrogens is 270 g/mol. The predicted molar refractivity (Wildman–Crippen MR) is 85.8 cm³/mol. The van der Waals surface area contributed by atoms with Gasteiger partial charge in [-0.1, -0.05) is 13.0 Å². The van der Waals surface area contributed by atoms with Crippen molar-refractivity contribution >= 4 is 17.2 Å². The molecule has 0 saturated carbocycles. The lowest BCUT2D eigenvalue weighted by Crippen LogP contribution is -2.44. The monoisotopic (exact) mass is 297 g/mol. The molecule has 1 atom stereocenters. The number of carbonyl (C=O) groups excluding carboxylic acids is 1. The molecule has 0 bridgehead atoms. The maximum Gasteiger partial charge on any atom is 0.224 e. The molecule has 4 nitrogen and oxygen atoms in total. The first kappa shape index (κ1) is 17.1. The van der Waals surface area contributed by atoms with Gasteiger partial charge < -0.3 is 10.6 Å². The molecule has 2 N–H and O–H groups in total. The molecule has 1 heterocycles. The molecule has 0 aliphatic heterocycles. The highest BCUT2D eigenvalue weighted by atomic mass is 32.1. The van der Waals surface area contributed by atoms with Gasteiger partial charge in [0.15, 0.2) is 0 Å². The van der Waals surface area contributed by atoms with Crippen LogP contribution in [0.2, 0.25) is 0 Å². The van der Waals surface area contributed by atoms with Gasteiger partial charge in [-0.3, -0.25) is 9.69 Å². The van der Waals surface area contributed by atoms with Crippen molar-refractivity contribution in [3.63, 3.8) is 0 Å². The lowest BCUT2D eigenvalue weighted by Gasteiger charge is -2.30. The second-order valence-corrected chi connectivity index (χ2v) is 5.83. The zero-order chi connectivity index (χ0) is 15.0. The van der Waals surface area contributed by atoms with E-state index in [0.29, 0.717) is 13.0 Å². The molecule has 1 rings (SSSR count). The molecule has 1 unspecified atom stereocenters. The number of carbonyl (C=O) groups is 1. The molecule has 0 aliphatic rings. The summed E-state index contributed by atoms with van der Waals surface area (Å²) in [4.78, 5) is 17.7. The van der Waals surface area contributed by atoms with Crippen LogP contribution in [-0.2, 0) is 11.3 Å². The van der Waals surface area contributed by atoms with E-state index in [1.54, 1.807) is 11.3 Å². The van der Waals surface area contributed by atoms with Gasteiger partial charge in [-0.15, -0.1) is 11.3 Å². The van der Waals surface area contributed by atoms with Gasteiger partial charge >= 0.3 is 0 Å². The van der Waals surface area contributed by atoms with Crippen LogP contribution in [0.4, 0.5) is 0 Å². The minimum atomic E-state index is 0.121. The third-order valence-corrected chi connectivity index (χ3v) is 4.52.